The van der Waals surface area contributed by atoms with Crippen molar-refractivity contribution in [3.05, 3.63) is 41.7 Å². The molecule has 1 spiro atoms. The predicted molar refractivity (Wildman–Crippen MR) is 127 cm³/mol. The lowest BCUT2D eigenvalue weighted by atomic mass is 9.93. The van der Waals surface area contributed by atoms with Crippen molar-refractivity contribution >= 4 is 23.5 Å². The molecule has 4 heterocycles. The lowest BCUT2D eigenvalue weighted by Gasteiger charge is -2.40. The fourth-order valence-corrected chi connectivity index (χ4v) is 5.92. The molecular weight excluding hydrogens is 436 g/mol. The Morgan fingerprint density at radius 2 is 1.76 bits per heavy atom. The monoisotopic (exact) mass is 468 g/mol. The van der Waals surface area contributed by atoms with Crippen LogP contribution in [0.15, 0.2) is 40.5 Å². The Labute approximate surface area is 199 Å². The number of amides is 1. The fraction of sp³-hybridized carbons (Fsp3) is 0.560. The summed E-state index contributed by atoms with van der Waals surface area (Å²) in [7, 11) is 0. The highest BCUT2D eigenvalue weighted by Crippen LogP contribution is 2.34. The van der Waals surface area contributed by atoms with Gasteiger partial charge >= 0.3 is 0 Å². The van der Waals surface area contributed by atoms with Crippen LogP contribution in [0.1, 0.15) is 36.8 Å². The molecule has 8 heteroatoms. The summed E-state index contributed by atoms with van der Waals surface area (Å²) in [6.45, 7) is 8.70. The van der Waals surface area contributed by atoms with Gasteiger partial charge < -0.3 is 19.3 Å². The maximum atomic E-state index is 13.1. The minimum atomic E-state index is -0.431. The van der Waals surface area contributed by atoms with E-state index in [0.717, 1.165) is 62.7 Å². The number of piperidine rings is 2. The van der Waals surface area contributed by atoms with Gasteiger partial charge in [-0.15, -0.1) is 0 Å². The van der Waals surface area contributed by atoms with E-state index in [0.29, 0.717) is 13.2 Å². The van der Waals surface area contributed by atoms with Gasteiger partial charge in [-0.1, -0.05) is 23.9 Å². The third-order valence-corrected chi connectivity index (χ3v) is 8.10. The van der Waals surface area contributed by atoms with Gasteiger partial charge in [0.15, 0.2) is 5.79 Å². The zero-order valence-corrected chi connectivity index (χ0v) is 20.3. The van der Waals surface area contributed by atoms with Gasteiger partial charge in [0, 0.05) is 55.9 Å². The quantitative estimate of drug-likeness (QED) is 0.632. The molecule has 3 aliphatic heterocycles. The van der Waals surface area contributed by atoms with Gasteiger partial charge in [0.1, 0.15) is 17.2 Å². The zero-order valence-electron chi connectivity index (χ0n) is 19.5. The van der Waals surface area contributed by atoms with Gasteiger partial charge in [0.25, 0.3) is 0 Å². The second kappa shape index (κ2) is 9.60. The summed E-state index contributed by atoms with van der Waals surface area (Å²) in [6, 6.07) is 8.55. The number of hydrogen-bond donors (Lipinski definition) is 0. The standard InChI is InChI=1S/C25H32N4O3S/c1-18-3-4-19(2)21(15-18)33-23-16-22(26-17-27-23)28-9-5-20(6-10-28)24(30)29-11-7-25(8-12-29)31-13-14-32-25/h3-4,15-17,20H,5-14H2,1-2H3. The Morgan fingerprint density at radius 1 is 1.03 bits per heavy atom. The largest absolute Gasteiger partial charge is 0.356 e. The van der Waals surface area contributed by atoms with Crippen molar-refractivity contribution in [2.24, 2.45) is 5.92 Å². The lowest BCUT2D eigenvalue weighted by molar-refractivity contribution is -0.188. The van der Waals surface area contributed by atoms with Gasteiger partial charge in [-0.3, -0.25) is 4.79 Å². The zero-order chi connectivity index (χ0) is 22.8. The normalized spacial score (nSPS) is 21.0. The summed E-state index contributed by atoms with van der Waals surface area (Å²) in [5.41, 5.74) is 2.50. The van der Waals surface area contributed by atoms with Gasteiger partial charge in [-0.2, -0.15) is 0 Å². The highest BCUT2D eigenvalue weighted by Gasteiger charge is 2.42. The van der Waals surface area contributed by atoms with Crippen molar-refractivity contribution in [1.29, 1.82) is 0 Å². The number of carbonyl (C=O) groups is 1. The molecule has 0 radical (unpaired) electrons. The number of aromatic nitrogens is 2. The topological polar surface area (TPSA) is 67.8 Å². The number of benzene rings is 1. The molecule has 3 aliphatic rings. The number of aryl methyl sites for hydroxylation is 2. The number of nitrogens with zero attached hydrogens (tertiary/aromatic N) is 4. The van der Waals surface area contributed by atoms with E-state index < -0.39 is 5.79 Å². The van der Waals surface area contributed by atoms with E-state index in [-0.39, 0.29) is 11.8 Å². The van der Waals surface area contributed by atoms with Crippen molar-refractivity contribution < 1.29 is 14.3 Å². The number of likely N-dealkylation sites (tertiary alicyclic amines) is 1. The third kappa shape index (κ3) is 5.03. The summed E-state index contributed by atoms with van der Waals surface area (Å²) in [6.07, 6.45) is 4.92. The molecule has 0 N–H and O–H groups in total. The molecule has 0 atom stereocenters. The predicted octanol–water partition coefficient (Wildman–Crippen LogP) is 3.83. The van der Waals surface area contributed by atoms with Crippen molar-refractivity contribution in [3.8, 4) is 0 Å². The molecule has 33 heavy (non-hydrogen) atoms. The number of ether oxygens (including phenoxy) is 2. The van der Waals surface area contributed by atoms with Crippen molar-refractivity contribution in [1.82, 2.24) is 14.9 Å². The minimum absolute atomic E-state index is 0.0892. The molecule has 0 saturated carbocycles. The van der Waals surface area contributed by atoms with E-state index in [1.165, 1.54) is 16.0 Å². The smallest absolute Gasteiger partial charge is 0.225 e. The lowest BCUT2D eigenvalue weighted by Crippen LogP contribution is -2.50. The second-order valence-corrected chi connectivity index (χ2v) is 10.3. The summed E-state index contributed by atoms with van der Waals surface area (Å²) >= 11 is 1.68. The molecule has 0 bridgehead atoms. The van der Waals surface area contributed by atoms with Crippen LogP contribution in [0.5, 0.6) is 0 Å². The molecule has 0 aliphatic carbocycles. The SMILES string of the molecule is Cc1ccc(C)c(Sc2cc(N3CCC(C(=O)N4CCC5(CC4)OCCO5)CC3)ncn2)c1. The molecule has 176 valence electrons. The minimum Gasteiger partial charge on any atom is -0.356 e. The number of hydrogen-bond acceptors (Lipinski definition) is 7. The highest BCUT2D eigenvalue weighted by molar-refractivity contribution is 7.99. The number of anilines is 1. The van der Waals surface area contributed by atoms with Crippen LogP contribution in [0.4, 0.5) is 5.82 Å². The first-order chi connectivity index (χ1) is 16.0. The van der Waals surface area contributed by atoms with E-state index in [1.54, 1.807) is 18.1 Å². The Morgan fingerprint density at radius 3 is 2.48 bits per heavy atom. The first-order valence-electron chi connectivity index (χ1n) is 11.9. The third-order valence-electron chi connectivity index (χ3n) is 7.00. The second-order valence-electron chi connectivity index (χ2n) is 9.28. The molecule has 2 aromatic rings. The summed E-state index contributed by atoms with van der Waals surface area (Å²) in [4.78, 5) is 27.6. The fourth-order valence-electron chi connectivity index (χ4n) is 4.96. The van der Waals surface area contributed by atoms with Crippen molar-refractivity contribution in [2.45, 2.75) is 55.2 Å². The molecule has 7 nitrogen and oxygen atoms in total. The van der Waals surface area contributed by atoms with Crippen LogP contribution >= 0.6 is 11.8 Å². The Balaban J connectivity index is 1.16. The first kappa shape index (κ1) is 22.6. The van der Waals surface area contributed by atoms with Gasteiger partial charge in [-0.05, 0) is 43.9 Å². The van der Waals surface area contributed by atoms with Crippen LogP contribution in [0.25, 0.3) is 0 Å². The van der Waals surface area contributed by atoms with E-state index >= 15 is 0 Å². The Hall–Kier alpha value is -2.16. The average molecular weight is 469 g/mol. The van der Waals surface area contributed by atoms with Crippen LogP contribution in [0, 0.1) is 19.8 Å². The van der Waals surface area contributed by atoms with E-state index in [1.807, 2.05) is 4.90 Å². The number of carbonyl (C=O) groups excluding carboxylic acids is 1. The maximum absolute atomic E-state index is 13.1. The molecular formula is C25H32N4O3S. The molecule has 5 rings (SSSR count). The highest BCUT2D eigenvalue weighted by atomic mass is 32.2. The maximum Gasteiger partial charge on any atom is 0.225 e. The average Bonchev–Trinajstić information content (AvgIpc) is 3.29. The molecule has 3 fully saturated rings. The van der Waals surface area contributed by atoms with Gasteiger partial charge in [-0.25, -0.2) is 9.97 Å². The van der Waals surface area contributed by atoms with Crippen molar-refractivity contribution in [3.63, 3.8) is 0 Å². The van der Waals surface area contributed by atoms with E-state index in [4.69, 9.17) is 9.47 Å². The van der Waals surface area contributed by atoms with E-state index in [9.17, 15) is 4.79 Å². The number of rotatable bonds is 4. The van der Waals surface area contributed by atoms with Crippen LogP contribution in [-0.4, -0.2) is 66.0 Å². The van der Waals surface area contributed by atoms with Crippen LogP contribution in [0.3, 0.4) is 0 Å². The van der Waals surface area contributed by atoms with Crippen LogP contribution in [-0.2, 0) is 14.3 Å². The molecule has 0 unspecified atom stereocenters. The van der Waals surface area contributed by atoms with Crippen LogP contribution in [0.2, 0.25) is 0 Å². The van der Waals surface area contributed by atoms with E-state index in [2.05, 4.69) is 53.0 Å². The molecule has 1 aromatic heterocycles. The first-order valence-corrected chi connectivity index (χ1v) is 12.7. The molecule has 1 amide bonds. The van der Waals surface area contributed by atoms with Crippen molar-refractivity contribution in [2.75, 3.05) is 44.3 Å². The summed E-state index contributed by atoms with van der Waals surface area (Å²) < 4.78 is 11.6. The molecule has 3 saturated heterocycles. The van der Waals surface area contributed by atoms with Crippen LogP contribution < -0.4 is 4.90 Å². The van der Waals surface area contributed by atoms with Gasteiger partial charge in [0.2, 0.25) is 5.91 Å². The summed E-state index contributed by atoms with van der Waals surface area (Å²) in [5, 5.41) is 0.950. The Kier molecular flexibility index (Phi) is 6.58. The Bertz CT molecular complexity index is 993. The molecule has 1 aromatic carbocycles. The summed E-state index contributed by atoms with van der Waals surface area (Å²) in [5.74, 6) is 0.890. The van der Waals surface area contributed by atoms with Gasteiger partial charge in [0.05, 0.1) is 13.2 Å².